The average molecular weight is 282 g/mol. The molecule has 0 aromatic carbocycles. The number of carbonyl (C=O) groups is 2. The first-order valence-electron chi connectivity index (χ1n) is 5.91. The smallest absolute Gasteiger partial charge is 0.422 e. The Hall–Kier alpha value is -1.47. The first-order chi connectivity index (χ1) is 8.58. The molecule has 1 unspecified atom stereocenters. The maximum Gasteiger partial charge on any atom is 0.422 e. The second kappa shape index (κ2) is 5.26. The number of nitrogens with zero attached hydrogens (tertiary/aromatic N) is 1. The molecular formula is C11H17F3N2O3. The van der Waals surface area contributed by atoms with Crippen molar-refractivity contribution in [3.8, 4) is 0 Å². The molecule has 0 heterocycles. The van der Waals surface area contributed by atoms with Crippen molar-refractivity contribution in [2.45, 2.75) is 37.9 Å². The molecule has 2 amide bonds. The Morgan fingerprint density at radius 3 is 2.21 bits per heavy atom. The third-order valence-electron chi connectivity index (χ3n) is 3.46. The Morgan fingerprint density at radius 2 is 1.89 bits per heavy atom. The van der Waals surface area contributed by atoms with Crippen LogP contribution in [0.2, 0.25) is 0 Å². The van der Waals surface area contributed by atoms with Crippen LogP contribution in [0.4, 0.5) is 18.0 Å². The van der Waals surface area contributed by atoms with E-state index in [4.69, 9.17) is 5.11 Å². The van der Waals surface area contributed by atoms with Crippen LogP contribution in [0.5, 0.6) is 0 Å². The average Bonchev–Trinajstić information content (AvgIpc) is 2.20. The third kappa shape index (κ3) is 3.30. The second-order valence-corrected chi connectivity index (χ2v) is 5.04. The molecule has 1 aliphatic rings. The van der Waals surface area contributed by atoms with E-state index < -0.39 is 23.7 Å². The van der Waals surface area contributed by atoms with Gasteiger partial charge in [-0.25, -0.2) is 9.59 Å². The van der Waals surface area contributed by atoms with Gasteiger partial charge in [-0.1, -0.05) is 6.42 Å². The summed E-state index contributed by atoms with van der Waals surface area (Å²) in [4.78, 5) is 23.5. The summed E-state index contributed by atoms with van der Waals surface area (Å²) in [6, 6.07) is -1.03. The summed E-state index contributed by atoms with van der Waals surface area (Å²) in [6.07, 6.45) is -2.14. The minimum absolute atomic E-state index is 0.290. The summed E-state index contributed by atoms with van der Waals surface area (Å²) in [7, 11) is 1.35. The number of halogens is 3. The van der Waals surface area contributed by atoms with E-state index in [-0.39, 0.29) is 5.92 Å². The van der Waals surface area contributed by atoms with Crippen molar-refractivity contribution in [2.75, 3.05) is 13.6 Å². The molecule has 19 heavy (non-hydrogen) atoms. The van der Waals surface area contributed by atoms with Gasteiger partial charge in [0.15, 0.2) is 0 Å². The van der Waals surface area contributed by atoms with Gasteiger partial charge in [0.1, 0.15) is 0 Å². The van der Waals surface area contributed by atoms with Gasteiger partial charge in [0.25, 0.3) is 0 Å². The SMILES string of the molecule is CN(CC1CCC1)C(=O)NC(C)(C(=O)O)C(F)(F)F. The standard InChI is InChI=1S/C11H17F3N2O3/c1-10(8(17)18,11(12,13)14)15-9(19)16(2)6-7-4-3-5-7/h7H,3-6H2,1-2H3,(H,15,19)(H,17,18). The maximum atomic E-state index is 12.7. The number of urea groups is 1. The molecule has 0 spiro atoms. The summed E-state index contributed by atoms with van der Waals surface area (Å²) < 4.78 is 38.1. The first-order valence-corrected chi connectivity index (χ1v) is 5.91. The van der Waals surface area contributed by atoms with Crippen LogP contribution in [0.3, 0.4) is 0 Å². The molecular weight excluding hydrogens is 265 g/mol. The monoisotopic (exact) mass is 282 g/mol. The highest BCUT2D eigenvalue weighted by atomic mass is 19.4. The van der Waals surface area contributed by atoms with Crippen molar-refractivity contribution in [1.29, 1.82) is 0 Å². The van der Waals surface area contributed by atoms with E-state index >= 15 is 0 Å². The largest absolute Gasteiger partial charge is 0.479 e. The Balaban J connectivity index is 2.68. The molecule has 5 nitrogen and oxygen atoms in total. The zero-order chi connectivity index (χ0) is 14.8. The number of carboxylic acid groups (broad SMARTS) is 1. The fraction of sp³-hybridized carbons (Fsp3) is 0.818. The van der Waals surface area contributed by atoms with Crippen molar-refractivity contribution in [1.82, 2.24) is 10.2 Å². The molecule has 1 saturated carbocycles. The summed E-state index contributed by atoms with van der Waals surface area (Å²) in [6.45, 7) is 0.768. The number of hydrogen-bond acceptors (Lipinski definition) is 2. The van der Waals surface area contributed by atoms with Crippen LogP contribution < -0.4 is 5.32 Å². The van der Waals surface area contributed by atoms with Gasteiger partial charge in [0.05, 0.1) is 0 Å². The molecule has 0 radical (unpaired) electrons. The number of carbonyl (C=O) groups excluding carboxylic acids is 1. The molecule has 110 valence electrons. The number of alkyl halides is 3. The van der Waals surface area contributed by atoms with Crippen molar-refractivity contribution in [3.05, 3.63) is 0 Å². The Kier molecular flexibility index (Phi) is 4.32. The lowest BCUT2D eigenvalue weighted by molar-refractivity contribution is -0.203. The topological polar surface area (TPSA) is 69.6 Å². The molecule has 0 saturated heterocycles. The van der Waals surface area contributed by atoms with Crippen LogP contribution >= 0.6 is 0 Å². The van der Waals surface area contributed by atoms with Gasteiger partial charge in [-0.2, -0.15) is 13.2 Å². The normalized spacial score (nSPS) is 19.2. The molecule has 0 aromatic rings. The predicted octanol–water partition coefficient (Wildman–Crippen LogP) is 1.83. The van der Waals surface area contributed by atoms with Crippen LogP contribution in [-0.2, 0) is 4.79 Å². The maximum absolute atomic E-state index is 12.7. The summed E-state index contributed by atoms with van der Waals surface area (Å²) >= 11 is 0. The highest BCUT2D eigenvalue weighted by Gasteiger charge is 2.58. The van der Waals surface area contributed by atoms with Crippen LogP contribution in [0.25, 0.3) is 0 Å². The van der Waals surface area contributed by atoms with Gasteiger partial charge >= 0.3 is 18.2 Å². The molecule has 8 heteroatoms. The Bertz CT molecular complexity index is 369. The van der Waals surface area contributed by atoms with Crippen LogP contribution in [0.1, 0.15) is 26.2 Å². The van der Waals surface area contributed by atoms with Crippen molar-refractivity contribution in [3.63, 3.8) is 0 Å². The summed E-state index contributed by atoms with van der Waals surface area (Å²) in [5.41, 5.74) is -3.28. The third-order valence-corrected chi connectivity index (χ3v) is 3.46. The number of amides is 2. The van der Waals surface area contributed by atoms with E-state index in [1.54, 1.807) is 5.32 Å². The van der Waals surface area contributed by atoms with Gasteiger partial charge in [-0.3, -0.25) is 0 Å². The first kappa shape index (κ1) is 15.6. The fourth-order valence-corrected chi connectivity index (χ4v) is 1.70. The van der Waals surface area contributed by atoms with Crippen LogP contribution in [-0.4, -0.2) is 47.3 Å². The molecule has 1 rings (SSSR count). The van der Waals surface area contributed by atoms with Gasteiger partial charge in [-0.15, -0.1) is 0 Å². The lowest BCUT2D eigenvalue weighted by Crippen LogP contribution is -2.64. The van der Waals surface area contributed by atoms with E-state index in [9.17, 15) is 22.8 Å². The molecule has 0 aromatic heterocycles. The van der Waals surface area contributed by atoms with E-state index in [0.717, 1.165) is 24.2 Å². The minimum atomic E-state index is -5.06. The number of rotatable bonds is 4. The van der Waals surface area contributed by atoms with Gasteiger partial charge in [-0.05, 0) is 25.7 Å². The molecule has 0 aliphatic heterocycles. The van der Waals surface area contributed by atoms with Crippen LogP contribution in [0.15, 0.2) is 0 Å². The highest BCUT2D eigenvalue weighted by molar-refractivity contribution is 5.86. The minimum Gasteiger partial charge on any atom is -0.479 e. The van der Waals surface area contributed by atoms with E-state index in [2.05, 4.69) is 0 Å². The quantitative estimate of drug-likeness (QED) is 0.826. The summed E-state index contributed by atoms with van der Waals surface area (Å²) in [5, 5.41) is 10.2. The lowest BCUT2D eigenvalue weighted by atomic mass is 9.85. The van der Waals surface area contributed by atoms with Gasteiger partial charge in [0.2, 0.25) is 5.54 Å². The Labute approximate surface area is 108 Å². The van der Waals surface area contributed by atoms with Crippen LogP contribution in [0, 0.1) is 5.92 Å². The van der Waals surface area contributed by atoms with Crippen molar-refractivity contribution >= 4 is 12.0 Å². The van der Waals surface area contributed by atoms with Gasteiger partial charge < -0.3 is 15.3 Å². The molecule has 2 N–H and O–H groups in total. The van der Waals surface area contributed by atoms with E-state index in [0.29, 0.717) is 13.5 Å². The van der Waals surface area contributed by atoms with Crippen molar-refractivity contribution in [2.24, 2.45) is 5.92 Å². The number of hydrogen-bond donors (Lipinski definition) is 2. The molecule has 1 aliphatic carbocycles. The lowest BCUT2D eigenvalue weighted by Gasteiger charge is -2.33. The molecule has 1 fully saturated rings. The Morgan fingerprint density at radius 1 is 1.37 bits per heavy atom. The second-order valence-electron chi connectivity index (χ2n) is 5.04. The van der Waals surface area contributed by atoms with Gasteiger partial charge in [0, 0.05) is 13.6 Å². The van der Waals surface area contributed by atoms with Crippen molar-refractivity contribution < 1.29 is 27.9 Å². The fourth-order valence-electron chi connectivity index (χ4n) is 1.70. The zero-order valence-electron chi connectivity index (χ0n) is 10.8. The molecule has 0 bridgehead atoms. The predicted molar refractivity (Wildman–Crippen MR) is 60.6 cm³/mol. The van der Waals surface area contributed by atoms with E-state index in [1.165, 1.54) is 7.05 Å². The highest BCUT2D eigenvalue weighted by Crippen LogP contribution is 2.31. The summed E-state index contributed by atoms with van der Waals surface area (Å²) in [5.74, 6) is -1.84. The number of carboxylic acids is 1. The number of nitrogens with one attached hydrogen (secondary N) is 1. The van der Waals surface area contributed by atoms with E-state index in [1.807, 2.05) is 0 Å². The number of aliphatic carboxylic acids is 1. The molecule has 1 atom stereocenters. The zero-order valence-corrected chi connectivity index (χ0v) is 10.8.